The summed E-state index contributed by atoms with van der Waals surface area (Å²) < 4.78 is 50.8. The molecule has 6 heteroatoms. The van der Waals surface area contributed by atoms with Crippen molar-refractivity contribution in [3.05, 3.63) is 57.5 Å². The third kappa shape index (κ3) is 4.31. The van der Waals surface area contributed by atoms with Gasteiger partial charge >= 0.3 is 6.18 Å². The molecule has 0 spiro atoms. The third-order valence-electron chi connectivity index (χ3n) is 2.74. The van der Waals surface area contributed by atoms with Crippen LogP contribution in [0.4, 0.5) is 17.6 Å². The highest BCUT2D eigenvalue weighted by Gasteiger charge is 2.31. The van der Waals surface area contributed by atoms with Gasteiger partial charge in [-0.2, -0.15) is 13.2 Å². The summed E-state index contributed by atoms with van der Waals surface area (Å²) in [4.78, 5) is 1.20. The molecule has 1 heterocycles. The van der Waals surface area contributed by atoms with E-state index in [1.807, 2.05) is 17.5 Å². The van der Waals surface area contributed by atoms with Crippen LogP contribution in [0.25, 0.3) is 0 Å². The molecule has 1 N–H and O–H groups in total. The van der Waals surface area contributed by atoms with Crippen LogP contribution in [-0.2, 0) is 19.1 Å². The van der Waals surface area contributed by atoms with Gasteiger partial charge in [0.05, 0.1) is 5.56 Å². The highest BCUT2D eigenvalue weighted by molar-refractivity contribution is 7.09. The van der Waals surface area contributed by atoms with E-state index in [4.69, 9.17) is 0 Å². The standard InChI is InChI=1S/C14H13F4NS/c15-12-7-10(6-11(8-12)14(16,17)18)9-19-4-3-13-2-1-5-20-13/h1-2,5-8,19H,3-4,9H2. The SMILES string of the molecule is Fc1cc(CNCCc2cccs2)cc(C(F)(F)F)c1. The second kappa shape index (κ2) is 6.37. The average molecular weight is 303 g/mol. The van der Waals surface area contributed by atoms with E-state index in [1.54, 1.807) is 11.3 Å². The second-order valence-electron chi connectivity index (χ2n) is 4.35. The van der Waals surface area contributed by atoms with Gasteiger partial charge in [0.2, 0.25) is 0 Å². The van der Waals surface area contributed by atoms with E-state index in [0.29, 0.717) is 18.2 Å². The fraction of sp³-hybridized carbons (Fsp3) is 0.286. The molecule has 1 aromatic heterocycles. The monoisotopic (exact) mass is 303 g/mol. The number of nitrogens with one attached hydrogen (secondary N) is 1. The lowest BCUT2D eigenvalue weighted by atomic mass is 10.1. The zero-order valence-corrected chi connectivity index (χ0v) is 11.3. The van der Waals surface area contributed by atoms with Crippen LogP contribution in [-0.4, -0.2) is 6.54 Å². The summed E-state index contributed by atoms with van der Waals surface area (Å²) in [5.74, 6) is -0.866. The molecule has 0 saturated heterocycles. The maximum absolute atomic E-state index is 13.2. The molecule has 0 amide bonds. The molecule has 0 radical (unpaired) electrons. The largest absolute Gasteiger partial charge is 0.416 e. The Morgan fingerprint density at radius 2 is 1.95 bits per heavy atom. The van der Waals surface area contributed by atoms with Crippen molar-refractivity contribution in [3.8, 4) is 0 Å². The molecule has 1 nitrogen and oxygen atoms in total. The van der Waals surface area contributed by atoms with Crippen LogP contribution in [0.1, 0.15) is 16.0 Å². The summed E-state index contributed by atoms with van der Waals surface area (Å²) in [5.41, 5.74) is -0.656. The van der Waals surface area contributed by atoms with Gasteiger partial charge in [-0.3, -0.25) is 0 Å². The van der Waals surface area contributed by atoms with Crippen molar-refractivity contribution >= 4 is 11.3 Å². The highest BCUT2D eigenvalue weighted by atomic mass is 32.1. The van der Waals surface area contributed by atoms with Gasteiger partial charge in [0.15, 0.2) is 0 Å². The molecular weight excluding hydrogens is 290 g/mol. The Balaban J connectivity index is 1.91. The highest BCUT2D eigenvalue weighted by Crippen LogP contribution is 2.30. The summed E-state index contributed by atoms with van der Waals surface area (Å²) in [7, 11) is 0. The fourth-order valence-electron chi connectivity index (χ4n) is 1.82. The van der Waals surface area contributed by atoms with Gasteiger partial charge < -0.3 is 5.32 Å². The predicted molar refractivity (Wildman–Crippen MR) is 71.1 cm³/mol. The molecular formula is C14H13F4NS. The fourth-order valence-corrected chi connectivity index (χ4v) is 2.52. The van der Waals surface area contributed by atoms with Gasteiger partial charge in [0, 0.05) is 18.0 Å². The van der Waals surface area contributed by atoms with Gasteiger partial charge in [-0.25, -0.2) is 4.39 Å². The maximum atomic E-state index is 13.2. The Morgan fingerprint density at radius 1 is 1.15 bits per heavy atom. The number of thiophene rings is 1. The van der Waals surface area contributed by atoms with Crippen molar-refractivity contribution in [3.63, 3.8) is 0 Å². The van der Waals surface area contributed by atoms with Crippen molar-refractivity contribution in [2.24, 2.45) is 0 Å². The Labute approximate surface area is 118 Å². The predicted octanol–water partition coefficient (Wildman–Crippen LogP) is 4.24. The maximum Gasteiger partial charge on any atom is 0.416 e. The van der Waals surface area contributed by atoms with Gasteiger partial charge in [-0.15, -0.1) is 11.3 Å². The number of halogens is 4. The van der Waals surface area contributed by atoms with Crippen molar-refractivity contribution in [1.82, 2.24) is 5.32 Å². The van der Waals surface area contributed by atoms with Crippen molar-refractivity contribution < 1.29 is 17.6 Å². The Bertz CT molecular complexity index is 549. The van der Waals surface area contributed by atoms with E-state index in [9.17, 15) is 17.6 Å². The van der Waals surface area contributed by atoms with Crippen LogP contribution in [0.3, 0.4) is 0 Å². The molecule has 0 aliphatic carbocycles. The Morgan fingerprint density at radius 3 is 2.60 bits per heavy atom. The first-order valence-electron chi connectivity index (χ1n) is 6.05. The van der Waals surface area contributed by atoms with Crippen LogP contribution in [0.5, 0.6) is 0 Å². The summed E-state index contributed by atoms with van der Waals surface area (Å²) in [6, 6.07) is 6.54. The quantitative estimate of drug-likeness (QED) is 0.643. The van der Waals surface area contributed by atoms with Gasteiger partial charge in [-0.05, 0) is 41.6 Å². The minimum Gasteiger partial charge on any atom is -0.312 e. The van der Waals surface area contributed by atoms with Crippen LogP contribution >= 0.6 is 11.3 Å². The minimum absolute atomic E-state index is 0.214. The molecule has 2 aromatic rings. The molecule has 20 heavy (non-hydrogen) atoms. The molecule has 2 rings (SSSR count). The smallest absolute Gasteiger partial charge is 0.312 e. The number of rotatable bonds is 5. The van der Waals surface area contributed by atoms with Gasteiger partial charge in [0.1, 0.15) is 5.82 Å². The second-order valence-corrected chi connectivity index (χ2v) is 5.38. The molecule has 0 atom stereocenters. The summed E-state index contributed by atoms with van der Waals surface area (Å²) >= 11 is 1.63. The number of alkyl halides is 3. The molecule has 0 unspecified atom stereocenters. The molecule has 108 valence electrons. The summed E-state index contributed by atoms with van der Waals surface area (Å²) in [6.07, 6.45) is -3.72. The van der Waals surface area contributed by atoms with Gasteiger partial charge in [-0.1, -0.05) is 6.07 Å². The Kier molecular flexibility index (Phi) is 4.77. The topological polar surface area (TPSA) is 12.0 Å². The van der Waals surface area contributed by atoms with E-state index in [-0.39, 0.29) is 6.54 Å². The number of hydrogen-bond donors (Lipinski definition) is 1. The van der Waals surface area contributed by atoms with Crippen molar-refractivity contribution in [2.75, 3.05) is 6.54 Å². The lowest BCUT2D eigenvalue weighted by Gasteiger charge is -2.10. The third-order valence-corrected chi connectivity index (χ3v) is 3.68. The van der Waals surface area contributed by atoms with Crippen LogP contribution in [0.2, 0.25) is 0 Å². The molecule has 0 bridgehead atoms. The lowest BCUT2D eigenvalue weighted by molar-refractivity contribution is -0.137. The van der Waals surface area contributed by atoms with E-state index in [2.05, 4.69) is 5.32 Å². The number of hydrogen-bond acceptors (Lipinski definition) is 2. The zero-order chi connectivity index (χ0) is 14.6. The van der Waals surface area contributed by atoms with Crippen LogP contribution in [0, 0.1) is 5.82 Å². The van der Waals surface area contributed by atoms with Crippen LogP contribution in [0.15, 0.2) is 35.7 Å². The van der Waals surface area contributed by atoms with Crippen LogP contribution < -0.4 is 5.32 Å². The molecule has 0 saturated carbocycles. The first kappa shape index (κ1) is 15.0. The van der Waals surface area contributed by atoms with E-state index >= 15 is 0 Å². The summed E-state index contributed by atoms with van der Waals surface area (Å²) in [6.45, 7) is 0.852. The van der Waals surface area contributed by atoms with Crippen molar-refractivity contribution in [1.29, 1.82) is 0 Å². The lowest BCUT2D eigenvalue weighted by Crippen LogP contribution is -2.17. The first-order valence-corrected chi connectivity index (χ1v) is 6.93. The van der Waals surface area contributed by atoms with E-state index in [0.717, 1.165) is 18.6 Å². The summed E-state index contributed by atoms with van der Waals surface area (Å²) in [5, 5.41) is 4.99. The van der Waals surface area contributed by atoms with Crippen molar-refractivity contribution in [2.45, 2.75) is 19.1 Å². The first-order chi connectivity index (χ1) is 9.45. The normalized spacial score (nSPS) is 11.8. The average Bonchev–Trinajstić information content (AvgIpc) is 2.86. The Hall–Kier alpha value is -1.40. The van der Waals surface area contributed by atoms with E-state index in [1.165, 1.54) is 4.88 Å². The zero-order valence-electron chi connectivity index (χ0n) is 10.5. The number of benzene rings is 1. The molecule has 1 aromatic carbocycles. The van der Waals surface area contributed by atoms with E-state index < -0.39 is 17.6 Å². The minimum atomic E-state index is -4.52. The molecule has 0 aliphatic rings. The molecule has 0 fully saturated rings. The van der Waals surface area contributed by atoms with Gasteiger partial charge in [0.25, 0.3) is 0 Å². The molecule has 0 aliphatic heterocycles.